The van der Waals surface area contributed by atoms with E-state index in [4.69, 9.17) is 23.2 Å². The first kappa shape index (κ1) is 26.7. The Morgan fingerprint density at radius 3 is 2.35 bits per heavy atom. The molecule has 1 heterocycles. The molecular weight excluding hydrogens is 579 g/mol. The predicted molar refractivity (Wildman–Crippen MR) is 152 cm³/mol. The summed E-state index contributed by atoms with van der Waals surface area (Å²) in [7, 11) is 0. The van der Waals surface area contributed by atoms with Crippen molar-refractivity contribution < 1.29 is 14.4 Å². The maximum atomic E-state index is 13.2. The summed E-state index contributed by atoms with van der Waals surface area (Å²) >= 11 is 15.6. The van der Waals surface area contributed by atoms with Crippen LogP contribution in [0.25, 0.3) is 10.9 Å². The lowest BCUT2D eigenvalue weighted by Crippen LogP contribution is -2.36. The Bertz CT molecular complexity index is 1490. The van der Waals surface area contributed by atoms with E-state index in [1.54, 1.807) is 48.5 Å². The highest BCUT2D eigenvalue weighted by Crippen LogP contribution is 2.27. The summed E-state index contributed by atoms with van der Waals surface area (Å²) in [5, 5.41) is 6.67. The van der Waals surface area contributed by atoms with Gasteiger partial charge in [-0.25, -0.2) is 4.68 Å². The Hall–Kier alpha value is -3.33. The lowest BCUT2D eigenvalue weighted by molar-refractivity contribution is -0.133. The summed E-state index contributed by atoms with van der Waals surface area (Å²) < 4.78 is 2.06. The van der Waals surface area contributed by atoms with Gasteiger partial charge in [0.1, 0.15) is 5.69 Å². The standard InChI is InChI=1S/C27H23BrCl2N4O3/c1-2-3-4-16-5-9-20(10-6-16)31-26(36)27(37)33-34-23-12-7-18(28)13-17(23)14-24(34)25(35)32-22-11-8-19(29)15-21(22)30/h5-15H,2-4H2,1H3,(H,31,36)(H,32,35)(H,33,37). The van der Waals surface area contributed by atoms with E-state index in [1.165, 1.54) is 10.7 Å². The van der Waals surface area contributed by atoms with E-state index in [0.717, 1.165) is 29.3 Å². The zero-order valence-corrected chi connectivity index (χ0v) is 22.9. The third-order valence-electron chi connectivity index (χ3n) is 5.63. The van der Waals surface area contributed by atoms with Crippen molar-refractivity contribution in [3.05, 3.63) is 92.5 Å². The number of halogens is 3. The van der Waals surface area contributed by atoms with Gasteiger partial charge in [-0.3, -0.25) is 19.8 Å². The van der Waals surface area contributed by atoms with Gasteiger partial charge in [0, 0.05) is 20.6 Å². The Morgan fingerprint density at radius 1 is 0.892 bits per heavy atom. The first-order valence-corrected chi connectivity index (χ1v) is 13.1. The van der Waals surface area contributed by atoms with Crippen LogP contribution >= 0.6 is 39.1 Å². The van der Waals surface area contributed by atoms with Crippen LogP contribution in [0.4, 0.5) is 11.4 Å². The number of aryl methyl sites for hydroxylation is 1. The summed E-state index contributed by atoms with van der Waals surface area (Å²) in [4.78, 5) is 38.7. The Labute approximate surface area is 232 Å². The molecule has 0 spiro atoms. The van der Waals surface area contributed by atoms with E-state index in [9.17, 15) is 14.4 Å². The average Bonchev–Trinajstić information content (AvgIpc) is 3.22. The lowest BCUT2D eigenvalue weighted by atomic mass is 10.1. The monoisotopic (exact) mass is 600 g/mol. The minimum Gasteiger partial charge on any atom is -0.319 e. The van der Waals surface area contributed by atoms with Crippen LogP contribution in [0.5, 0.6) is 0 Å². The van der Waals surface area contributed by atoms with Crippen molar-refractivity contribution in [3.8, 4) is 0 Å². The maximum absolute atomic E-state index is 13.2. The highest BCUT2D eigenvalue weighted by Gasteiger charge is 2.22. The number of carbonyl (C=O) groups excluding carboxylic acids is 3. The predicted octanol–water partition coefficient (Wildman–Crippen LogP) is 7.01. The number of anilines is 2. The Morgan fingerprint density at radius 2 is 1.65 bits per heavy atom. The third-order valence-corrected chi connectivity index (χ3v) is 6.67. The molecule has 7 nitrogen and oxygen atoms in total. The van der Waals surface area contributed by atoms with Crippen LogP contribution in [-0.2, 0) is 16.0 Å². The molecule has 190 valence electrons. The van der Waals surface area contributed by atoms with Gasteiger partial charge in [0.05, 0.1) is 16.2 Å². The van der Waals surface area contributed by atoms with E-state index >= 15 is 0 Å². The largest absolute Gasteiger partial charge is 0.328 e. The summed E-state index contributed by atoms with van der Waals surface area (Å²) in [6.45, 7) is 2.13. The van der Waals surface area contributed by atoms with Gasteiger partial charge in [-0.15, -0.1) is 0 Å². The van der Waals surface area contributed by atoms with Gasteiger partial charge in [-0.05, 0) is 73.0 Å². The van der Waals surface area contributed by atoms with Crippen LogP contribution in [0.1, 0.15) is 35.8 Å². The molecule has 4 rings (SSSR count). The minimum atomic E-state index is -0.936. The highest BCUT2D eigenvalue weighted by molar-refractivity contribution is 9.10. The van der Waals surface area contributed by atoms with Crippen molar-refractivity contribution in [3.63, 3.8) is 0 Å². The second-order valence-electron chi connectivity index (χ2n) is 8.34. The number of aromatic nitrogens is 1. The zero-order valence-electron chi connectivity index (χ0n) is 19.8. The molecule has 0 bridgehead atoms. The van der Waals surface area contributed by atoms with Gasteiger partial charge in [0.15, 0.2) is 0 Å². The second kappa shape index (κ2) is 11.8. The van der Waals surface area contributed by atoms with Gasteiger partial charge < -0.3 is 10.6 Å². The van der Waals surface area contributed by atoms with Crippen LogP contribution in [-0.4, -0.2) is 22.4 Å². The van der Waals surface area contributed by atoms with Gasteiger partial charge in [0.2, 0.25) is 0 Å². The van der Waals surface area contributed by atoms with Crippen molar-refractivity contribution in [1.82, 2.24) is 4.68 Å². The smallest absolute Gasteiger partial charge is 0.319 e. The van der Waals surface area contributed by atoms with Gasteiger partial charge >= 0.3 is 11.8 Å². The van der Waals surface area contributed by atoms with Crippen molar-refractivity contribution >= 4 is 79.1 Å². The number of hydrogen-bond donors (Lipinski definition) is 3. The number of hydrogen-bond acceptors (Lipinski definition) is 3. The number of nitrogens with zero attached hydrogens (tertiary/aromatic N) is 1. The lowest BCUT2D eigenvalue weighted by Gasteiger charge is -2.13. The third kappa shape index (κ3) is 6.52. The first-order chi connectivity index (χ1) is 17.7. The topological polar surface area (TPSA) is 92.2 Å². The molecule has 0 atom stereocenters. The van der Waals surface area contributed by atoms with Crippen molar-refractivity contribution in [2.75, 3.05) is 16.1 Å². The normalized spacial score (nSPS) is 10.8. The number of amides is 3. The number of benzene rings is 3. The van der Waals surface area contributed by atoms with Crippen molar-refractivity contribution in [1.29, 1.82) is 0 Å². The highest BCUT2D eigenvalue weighted by atomic mass is 79.9. The van der Waals surface area contributed by atoms with Crippen LogP contribution in [0.3, 0.4) is 0 Å². The van der Waals surface area contributed by atoms with E-state index in [2.05, 4.69) is 38.9 Å². The molecule has 0 aliphatic rings. The fraction of sp³-hybridized carbons (Fsp3) is 0.148. The maximum Gasteiger partial charge on any atom is 0.328 e. The number of unbranched alkanes of at least 4 members (excludes halogenated alkanes) is 1. The Balaban J connectivity index is 1.56. The molecule has 0 saturated carbocycles. The first-order valence-electron chi connectivity index (χ1n) is 11.5. The molecule has 4 aromatic rings. The molecule has 0 aliphatic heterocycles. The molecule has 0 saturated heterocycles. The molecule has 0 fully saturated rings. The summed E-state index contributed by atoms with van der Waals surface area (Å²) in [5.41, 5.74) is 5.16. The molecule has 0 radical (unpaired) electrons. The van der Waals surface area contributed by atoms with Crippen molar-refractivity contribution in [2.45, 2.75) is 26.2 Å². The molecule has 3 amide bonds. The van der Waals surface area contributed by atoms with E-state index < -0.39 is 17.7 Å². The van der Waals surface area contributed by atoms with E-state index in [-0.39, 0.29) is 10.7 Å². The van der Waals surface area contributed by atoms with Crippen LogP contribution in [0.2, 0.25) is 10.0 Å². The number of nitrogens with one attached hydrogen (secondary N) is 3. The van der Waals surface area contributed by atoms with Gasteiger partial charge in [0.25, 0.3) is 5.91 Å². The quantitative estimate of drug-likeness (QED) is 0.199. The SMILES string of the molecule is CCCCc1ccc(NC(=O)C(=O)Nn2c(C(=O)Nc3ccc(Cl)cc3Cl)cc3cc(Br)ccc32)cc1. The minimum absolute atomic E-state index is 0.0977. The molecule has 0 aliphatic carbocycles. The van der Waals surface area contributed by atoms with Crippen LogP contribution in [0.15, 0.2) is 71.2 Å². The van der Waals surface area contributed by atoms with Crippen LogP contribution < -0.4 is 16.1 Å². The fourth-order valence-electron chi connectivity index (χ4n) is 3.73. The van der Waals surface area contributed by atoms with Crippen molar-refractivity contribution in [2.24, 2.45) is 0 Å². The molecule has 3 aromatic carbocycles. The number of rotatable bonds is 7. The second-order valence-corrected chi connectivity index (χ2v) is 10.1. The Kier molecular flexibility index (Phi) is 8.53. The fourth-order valence-corrected chi connectivity index (χ4v) is 4.56. The molecule has 3 N–H and O–H groups in total. The average molecular weight is 602 g/mol. The van der Waals surface area contributed by atoms with E-state index in [0.29, 0.717) is 27.3 Å². The van der Waals surface area contributed by atoms with E-state index in [1.807, 2.05) is 12.1 Å². The number of fused-ring (bicyclic) bond motifs is 1. The summed E-state index contributed by atoms with van der Waals surface area (Å²) in [5.74, 6) is -2.35. The number of carbonyl (C=O) groups is 3. The van der Waals surface area contributed by atoms with Gasteiger partial charge in [-0.1, -0.05) is 64.6 Å². The summed E-state index contributed by atoms with van der Waals surface area (Å²) in [6, 6.07) is 18.9. The molecular formula is C27H23BrCl2N4O3. The molecule has 1 aromatic heterocycles. The van der Waals surface area contributed by atoms with Gasteiger partial charge in [-0.2, -0.15) is 0 Å². The summed E-state index contributed by atoms with van der Waals surface area (Å²) in [6.07, 6.45) is 3.13. The molecule has 10 heteroatoms. The zero-order chi connectivity index (χ0) is 26.5. The molecule has 0 unspecified atom stereocenters. The molecule has 37 heavy (non-hydrogen) atoms. The van der Waals surface area contributed by atoms with Crippen LogP contribution in [0, 0.1) is 0 Å².